The van der Waals surface area contributed by atoms with Crippen molar-refractivity contribution in [2.45, 2.75) is 444 Å². The summed E-state index contributed by atoms with van der Waals surface area (Å²) in [5, 5.41) is 17.7. The Morgan fingerprint density at radius 1 is 0.287 bits per heavy atom. The number of carboxylic acids is 2. The van der Waals surface area contributed by atoms with E-state index in [1.807, 2.05) is 12.1 Å². The third-order valence-corrected chi connectivity index (χ3v) is 18.7. The number of carboxylic acid groups (broad SMARTS) is 2. The second kappa shape index (κ2) is 66.0. The van der Waals surface area contributed by atoms with E-state index in [0.717, 1.165) is 95.5 Å². The molecule has 1 rings (SSSR count). The fraction of sp³-hybridized carbons (Fsp3) is 0.873. The molecule has 0 unspecified atom stereocenters. The lowest BCUT2D eigenvalue weighted by molar-refractivity contribution is -0.138. The molecular weight excluding hydrogens is 1080 g/mol. The zero-order valence-corrected chi connectivity index (χ0v) is 57.8. The van der Waals surface area contributed by atoms with Gasteiger partial charge in [-0.15, -0.1) is 0 Å². The Labute approximate surface area is 539 Å². The number of carbonyl (C=O) groups excluding carboxylic acids is 2. The van der Waals surface area contributed by atoms with Crippen LogP contribution in [0.25, 0.3) is 0 Å². The second-order valence-electron chi connectivity index (χ2n) is 27.2. The molecule has 0 saturated heterocycles. The minimum atomic E-state index is -0.675. The van der Waals surface area contributed by atoms with E-state index in [1.165, 1.54) is 308 Å². The van der Waals surface area contributed by atoms with Crippen LogP contribution in [0.3, 0.4) is 0 Å². The van der Waals surface area contributed by atoms with Crippen molar-refractivity contribution >= 4 is 23.9 Å². The van der Waals surface area contributed by atoms with Crippen molar-refractivity contribution in [2.24, 2.45) is 0 Å². The smallest absolute Gasteiger partial charge is 0.311 e. The first-order chi connectivity index (χ1) is 42.8. The van der Waals surface area contributed by atoms with Crippen LogP contribution in [0.15, 0.2) is 18.2 Å². The van der Waals surface area contributed by atoms with E-state index < -0.39 is 11.9 Å². The number of esters is 2. The van der Waals surface area contributed by atoms with Gasteiger partial charge in [-0.25, -0.2) is 0 Å². The zero-order chi connectivity index (χ0) is 62.8. The van der Waals surface area contributed by atoms with Crippen LogP contribution in [-0.2, 0) is 19.2 Å². The van der Waals surface area contributed by atoms with Crippen molar-refractivity contribution in [1.29, 1.82) is 0 Å². The monoisotopic (exact) mass is 1220 g/mol. The predicted octanol–water partition coefficient (Wildman–Crippen LogP) is 26.5. The summed E-state index contributed by atoms with van der Waals surface area (Å²) in [7, 11) is 0. The first kappa shape index (κ1) is 82.1. The molecule has 0 fully saturated rings. The van der Waals surface area contributed by atoms with Crippen molar-refractivity contribution in [3.8, 4) is 11.5 Å². The maximum absolute atomic E-state index is 13.6. The summed E-state index contributed by atoms with van der Waals surface area (Å²) in [6.07, 6.45) is 79.0. The molecule has 8 heteroatoms. The molecule has 0 radical (unpaired) electrons. The van der Waals surface area contributed by atoms with Gasteiger partial charge in [-0.2, -0.15) is 0 Å². The summed E-state index contributed by atoms with van der Waals surface area (Å²) in [6.45, 7) is 4.57. The zero-order valence-electron chi connectivity index (χ0n) is 57.8. The standard InChI is InChI=1S/C79H144O8/c1-3-5-7-9-11-13-15-17-21-31-37-43-49-55-61-67-78(84)86-73-69-70-75(87-79(85)68-62-56-50-44-38-32-22-18-16-14-12-10-8-6-4-2)74(71-73)72(63-57-51-45-39-33-27-23-19-25-29-35-41-47-53-59-65-76(80)81)64-58-52-46-40-34-28-24-20-26-30-36-42-48-54-60-66-77(82)83/h69-72H,3-68H2,1-2H3,(H,80,81)(H,82,83). The van der Waals surface area contributed by atoms with Crippen molar-refractivity contribution in [2.75, 3.05) is 0 Å². The van der Waals surface area contributed by atoms with E-state index >= 15 is 0 Å². The van der Waals surface area contributed by atoms with Crippen LogP contribution in [0.5, 0.6) is 11.5 Å². The first-order valence-corrected chi connectivity index (χ1v) is 38.8. The number of hydrogen-bond donors (Lipinski definition) is 2. The summed E-state index contributed by atoms with van der Waals surface area (Å²) in [5.74, 6) is -0.159. The number of ether oxygens (including phenoxy) is 2. The van der Waals surface area contributed by atoms with Gasteiger partial charge in [0.1, 0.15) is 11.5 Å². The highest BCUT2D eigenvalue weighted by atomic mass is 16.5. The minimum Gasteiger partial charge on any atom is -0.481 e. The van der Waals surface area contributed by atoms with Gasteiger partial charge in [-0.3, -0.25) is 19.2 Å². The van der Waals surface area contributed by atoms with Crippen LogP contribution in [0.1, 0.15) is 449 Å². The highest BCUT2D eigenvalue weighted by Gasteiger charge is 2.21. The van der Waals surface area contributed by atoms with Gasteiger partial charge in [0.25, 0.3) is 0 Å². The van der Waals surface area contributed by atoms with E-state index in [1.54, 1.807) is 0 Å². The average Bonchev–Trinajstić information content (AvgIpc) is 3.31. The average molecular weight is 1220 g/mol. The molecule has 0 heterocycles. The third kappa shape index (κ3) is 59.2. The summed E-state index contributed by atoms with van der Waals surface area (Å²) in [6, 6.07) is 5.86. The summed E-state index contributed by atoms with van der Waals surface area (Å²) in [5.41, 5.74) is 1.05. The summed E-state index contributed by atoms with van der Waals surface area (Å²) < 4.78 is 12.4. The lowest BCUT2D eigenvalue weighted by Gasteiger charge is -2.21. The van der Waals surface area contributed by atoms with Gasteiger partial charge in [-0.1, -0.05) is 373 Å². The number of carbonyl (C=O) groups is 4. The molecule has 0 aliphatic carbocycles. The Morgan fingerprint density at radius 3 is 0.759 bits per heavy atom. The molecule has 508 valence electrons. The fourth-order valence-corrected chi connectivity index (χ4v) is 13.0. The molecule has 0 bridgehead atoms. The highest BCUT2D eigenvalue weighted by Crippen LogP contribution is 2.38. The molecule has 0 aromatic heterocycles. The van der Waals surface area contributed by atoms with Crippen molar-refractivity contribution < 1.29 is 38.9 Å². The van der Waals surface area contributed by atoms with E-state index in [-0.39, 0.29) is 17.9 Å². The summed E-state index contributed by atoms with van der Waals surface area (Å²) >= 11 is 0. The Hall–Kier alpha value is -2.90. The molecule has 1 aromatic carbocycles. The van der Waals surface area contributed by atoms with E-state index in [0.29, 0.717) is 37.2 Å². The van der Waals surface area contributed by atoms with Crippen molar-refractivity contribution in [1.82, 2.24) is 0 Å². The predicted molar refractivity (Wildman–Crippen MR) is 372 cm³/mol. The Bertz CT molecular complexity index is 1610. The second-order valence-corrected chi connectivity index (χ2v) is 27.2. The minimum absolute atomic E-state index is 0.141. The van der Waals surface area contributed by atoms with Crippen LogP contribution < -0.4 is 9.47 Å². The molecule has 0 aliphatic heterocycles. The molecule has 8 nitrogen and oxygen atoms in total. The van der Waals surface area contributed by atoms with Gasteiger partial charge < -0.3 is 19.7 Å². The maximum Gasteiger partial charge on any atom is 0.311 e. The maximum atomic E-state index is 13.6. The molecule has 0 amide bonds. The lowest BCUT2D eigenvalue weighted by Crippen LogP contribution is -2.12. The van der Waals surface area contributed by atoms with E-state index in [4.69, 9.17) is 19.7 Å². The molecule has 1 aromatic rings. The van der Waals surface area contributed by atoms with Crippen molar-refractivity contribution in [3.05, 3.63) is 23.8 Å². The lowest BCUT2D eigenvalue weighted by atomic mass is 9.87. The molecule has 87 heavy (non-hydrogen) atoms. The van der Waals surface area contributed by atoms with Crippen LogP contribution in [0, 0.1) is 0 Å². The van der Waals surface area contributed by atoms with Gasteiger partial charge in [0.2, 0.25) is 0 Å². The van der Waals surface area contributed by atoms with Crippen LogP contribution >= 0.6 is 0 Å². The molecular formula is C79H144O8. The molecule has 0 spiro atoms. The molecule has 0 saturated carbocycles. The number of rotatable bonds is 71. The third-order valence-electron chi connectivity index (χ3n) is 18.7. The topological polar surface area (TPSA) is 127 Å². The van der Waals surface area contributed by atoms with Gasteiger partial charge >= 0.3 is 23.9 Å². The number of aliphatic carboxylic acids is 2. The van der Waals surface area contributed by atoms with Gasteiger partial charge in [-0.05, 0) is 62.6 Å². The fourth-order valence-electron chi connectivity index (χ4n) is 13.0. The molecule has 0 aliphatic rings. The largest absolute Gasteiger partial charge is 0.481 e. The van der Waals surface area contributed by atoms with E-state index in [2.05, 4.69) is 19.9 Å². The SMILES string of the molecule is CCCCCCCCCCCCCCCCCC(=O)Oc1ccc(OC(=O)CCCCCCCCCCCCCCCCC)c(C(CCCCCCCCCCCCCCCCCC(=O)O)CCCCCCCCCCCCCCCCCC(=O)O)c1. The van der Waals surface area contributed by atoms with Crippen LogP contribution in [0.2, 0.25) is 0 Å². The quantitative estimate of drug-likeness (QED) is 0.0375. The normalized spacial score (nSPS) is 11.5. The van der Waals surface area contributed by atoms with Gasteiger partial charge in [0.05, 0.1) is 0 Å². The number of hydrogen-bond acceptors (Lipinski definition) is 6. The summed E-state index contributed by atoms with van der Waals surface area (Å²) in [4.78, 5) is 48.5. The Kier molecular flexibility index (Phi) is 62.3. The Balaban J connectivity index is 2.84. The van der Waals surface area contributed by atoms with Crippen molar-refractivity contribution in [3.63, 3.8) is 0 Å². The number of benzene rings is 1. The highest BCUT2D eigenvalue weighted by molar-refractivity contribution is 5.74. The van der Waals surface area contributed by atoms with Gasteiger partial charge in [0.15, 0.2) is 0 Å². The number of unbranched alkanes of at least 4 members (excludes halogenated alkanes) is 56. The molecule has 0 atom stereocenters. The van der Waals surface area contributed by atoms with E-state index in [9.17, 15) is 19.2 Å². The Morgan fingerprint density at radius 2 is 0.506 bits per heavy atom. The van der Waals surface area contributed by atoms with Crippen LogP contribution in [0.4, 0.5) is 0 Å². The van der Waals surface area contributed by atoms with Gasteiger partial charge in [0, 0.05) is 31.2 Å². The van der Waals surface area contributed by atoms with Crippen LogP contribution in [-0.4, -0.2) is 34.1 Å². The molecule has 2 N–H and O–H groups in total. The first-order valence-electron chi connectivity index (χ1n) is 38.8.